The summed E-state index contributed by atoms with van der Waals surface area (Å²) in [4.78, 5) is 23.9. The quantitative estimate of drug-likeness (QED) is 0.122. The van der Waals surface area contributed by atoms with Crippen LogP contribution in [0.1, 0.15) is 91.9 Å². The van der Waals surface area contributed by atoms with Crippen LogP contribution >= 0.6 is 0 Å². The van der Waals surface area contributed by atoms with Crippen molar-refractivity contribution >= 4 is 11.9 Å². The lowest BCUT2D eigenvalue weighted by Gasteiger charge is -2.40. The molecule has 0 aliphatic carbocycles. The van der Waals surface area contributed by atoms with Gasteiger partial charge in [0.25, 0.3) is 0 Å². The van der Waals surface area contributed by atoms with Crippen LogP contribution in [0.25, 0.3) is 0 Å². The van der Waals surface area contributed by atoms with Gasteiger partial charge in [0.05, 0.1) is 42.7 Å². The topological polar surface area (TPSA) is 161 Å². The van der Waals surface area contributed by atoms with E-state index in [1.807, 2.05) is 62.5 Å². The van der Waals surface area contributed by atoms with Crippen molar-refractivity contribution in [3.05, 3.63) is 96.7 Å². The average Bonchev–Trinajstić information content (AvgIpc) is 3.54. The van der Waals surface area contributed by atoms with E-state index in [1.165, 1.54) is 6.08 Å². The van der Waals surface area contributed by atoms with Crippen LogP contribution in [-0.2, 0) is 33.3 Å². The molecule has 0 aromatic rings. The summed E-state index contributed by atoms with van der Waals surface area (Å²) >= 11 is 0. The number of hydrogen-bond donors (Lipinski definition) is 4. The van der Waals surface area contributed by atoms with Gasteiger partial charge in [-0.3, -0.25) is 4.79 Å². The Kier molecular flexibility index (Phi) is 18.0. The van der Waals surface area contributed by atoms with Crippen LogP contribution in [0.15, 0.2) is 96.7 Å². The molecule has 7 bridgehead atoms. The van der Waals surface area contributed by atoms with E-state index in [0.29, 0.717) is 25.7 Å². The first-order valence-corrected chi connectivity index (χ1v) is 21.3. The third-order valence-electron chi connectivity index (χ3n) is 12.0. The van der Waals surface area contributed by atoms with Crippen molar-refractivity contribution < 1.29 is 53.7 Å². The maximum Gasteiger partial charge on any atom is 0.331 e. The number of carboxylic acid groups (broad SMARTS) is 1. The molecule has 6 rings (SSSR count). The zero-order valence-corrected chi connectivity index (χ0v) is 34.5. The number of carbonyl (C=O) groups excluding carboxylic acids is 1. The summed E-state index contributed by atoms with van der Waals surface area (Å²) in [6.07, 6.45) is 28.3. The fourth-order valence-corrected chi connectivity index (χ4v) is 8.38. The highest BCUT2D eigenvalue weighted by Crippen LogP contribution is 2.38. The van der Waals surface area contributed by atoms with Gasteiger partial charge in [-0.15, -0.1) is 0 Å². The second-order valence-corrected chi connectivity index (χ2v) is 16.6. The lowest BCUT2D eigenvalue weighted by molar-refractivity contribution is -0.175. The zero-order valence-electron chi connectivity index (χ0n) is 34.5. The molecule has 4 N–H and O–H groups in total. The summed E-state index contributed by atoms with van der Waals surface area (Å²) in [6.45, 7) is 8.15. The molecule has 5 unspecified atom stereocenters. The molecule has 0 amide bonds. The van der Waals surface area contributed by atoms with Crippen molar-refractivity contribution in [3.8, 4) is 0 Å². The monoisotopic (exact) mass is 806 g/mol. The maximum absolute atomic E-state index is 13.0. The highest BCUT2D eigenvalue weighted by Gasteiger charge is 2.45. The molecule has 0 radical (unpaired) electrons. The molecule has 3 fully saturated rings. The van der Waals surface area contributed by atoms with E-state index in [9.17, 15) is 24.9 Å². The third kappa shape index (κ3) is 13.6. The SMILES string of the molecule is C/C(=C\[C@H](C)CCCCC(=O)O)[C@@H]1O[C@@H]2C=C[C@@H]1OC(=O)\C=C/C=C\C=C\C1OC3C[C@@H]1O[C@@H](/C=C/CC1O[C@H](C[C@H](O)C1C)[C@@H](O)[C@@H](O)/C=C/CC/C=C/C2)C3C. The van der Waals surface area contributed by atoms with Gasteiger partial charge in [-0.05, 0) is 63.0 Å². The molecule has 0 aromatic heterocycles. The van der Waals surface area contributed by atoms with Gasteiger partial charge < -0.3 is 44.1 Å². The molecule has 0 aromatic carbocycles. The molecule has 6 aliphatic heterocycles. The van der Waals surface area contributed by atoms with Crippen molar-refractivity contribution in [2.24, 2.45) is 17.8 Å². The van der Waals surface area contributed by atoms with Crippen LogP contribution in [0.4, 0.5) is 0 Å². The Morgan fingerprint density at radius 3 is 2.34 bits per heavy atom. The molecule has 0 spiro atoms. The fourth-order valence-electron chi connectivity index (χ4n) is 8.38. The van der Waals surface area contributed by atoms with E-state index in [0.717, 1.165) is 31.3 Å². The lowest BCUT2D eigenvalue weighted by Crippen LogP contribution is -2.50. The van der Waals surface area contributed by atoms with Crippen LogP contribution in [0.3, 0.4) is 0 Å². The smallest absolute Gasteiger partial charge is 0.331 e. The van der Waals surface area contributed by atoms with Gasteiger partial charge in [0.1, 0.15) is 24.4 Å². The van der Waals surface area contributed by atoms with Crippen LogP contribution in [0.5, 0.6) is 0 Å². The summed E-state index contributed by atoms with van der Waals surface area (Å²) in [5, 5.41) is 41.7. The van der Waals surface area contributed by atoms with E-state index >= 15 is 0 Å². The Morgan fingerprint density at radius 2 is 1.53 bits per heavy atom. The first-order chi connectivity index (χ1) is 27.9. The number of hydrogen-bond acceptors (Lipinski definition) is 10. The Balaban J connectivity index is 1.29. The standard InChI is InChI=1S/C47H66O11/c1-30(17-14-15-23-44(50)51)27-31(2)47-40-26-25-34(54-47)18-10-6-5-7-11-19-35(48)46(53)43-28-36(49)32(3)37(56-43)21-16-22-38-33(4)41-29-42(55-38)39(57-41)20-12-8-9-13-24-45(52)58-40/h6,8-13,16,19-20,22,24-27,30,32-43,46-49,53H,5,7,14-15,17-18,21,23,28-29H2,1-4H3,(H,50,51)/b9-8-,10-6+,19-11+,20-12+,22-16+,24-13-,31-27+/t30-,32?,33?,34+,35+,36+,37?,38+,39?,40+,41?,42+,43-,46+,47+/m1/s1. The van der Waals surface area contributed by atoms with Crippen LogP contribution in [0, 0.1) is 17.8 Å². The zero-order chi connectivity index (χ0) is 41.6. The molecule has 6 aliphatic rings. The van der Waals surface area contributed by atoms with Gasteiger partial charge in [-0.1, -0.05) is 106 Å². The minimum absolute atomic E-state index is 0.0508. The molecular formula is C47H66O11. The van der Waals surface area contributed by atoms with Crippen molar-refractivity contribution in [2.45, 2.75) is 165 Å². The maximum atomic E-state index is 13.0. The van der Waals surface area contributed by atoms with Crippen molar-refractivity contribution in [1.82, 2.24) is 0 Å². The van der Waals surface area contributed by atoms with Gasteiger partial charge in [0, 0.05) is 37.2 Å². The highest BCUT2D eigenvalue weighted by molar-refractivity contribution is 5.82. The minimum atomic E-state index is -1.18. The summed E-state index contributed by atoms with van der Waals surface area (Å²) in [6, 6.07) is 0. The molecule has 3 saturated heterocycles. The normalized spacial score (nSPS) is 41.7. The number of carbonyl (C=O) groups is 2. The van der Waals surface area contributed by atoms with E-state index < -0.39 is 48.6 Å². The Labute approximate surface area is 344 Å². The molecule has 15 atom stereocenters. The predicted octanol–water partition coefficient (Wildman–Crippen LogP) is 6.80. The number of fused-ring (bicyclic) bond motifs is 13. The van der Waals surface area contributed by atoms with E-state index in [1.54, 1.807) is 18.2 Å². The number of aliphatic carboxylic acids is 1. The molecule has 58 heavy (non-hydrogen) atoms. The van der Waals surface area contributed by atoms with E-state index in [-0.39, 0.29) is 67.2 Å². The number of aliphatic hydroxyl groups excluding tert-OH is 3. The van der Waals surface area contributed by atoms with Crippen LogP contribution in [0.2, 0.25) is 0 Å². The fraction of sp³-hybridized carbons (Fsp3) is 0.617. The number of unbranched alkanes of at least 4 members (excludes halogenated alkanes) is 1. The van der Waals surface area contributed by atoms with Gasteiger partial charge in [0.2, 0.25) is 0 Å². The Hall–Kier alpha value is -3.42. The van der Waals surface area contributed by atoms with Gasteiger partial charge in [0.15, 0.2) is 6.10 Å². The third-order valence-corrected chi connectivity index (χ3v) is 12.0. The van der Waals surface area contributed by atoms with Gasteiger partial charge in [-0.25, -0.2) is 4.79 Å². The molecule has 6 heterocycles. The lowest BCUT2D eigenvalue weighted by atomic mass is 9.85. The highest BCUT2D eigenvalue weighted by atomic mass is 16.6. The Morgan fingerprint density at radius 1 is 0.759 bits per heavy atom. The van der Waals surface area contributed by atoms with E-state index in [4.69, 9.17) is 28.8 Å². The molecule has 11 nitrogen and oxygen atoms in total. The van der Waals surface area contributed by atoms with Gasteiger partial charge in [-0.2, -0.15) is 0 Å². The summed E-state index contributed by atoms with van der Waals surface area (Å²) < 4.78 is 31.5. The number of aliphatic hydroxyl groups is 3. The van der Waals surface area contributed by atoms with Crippen LogP contribution in [-0.4, -0.2) is 106 Å². The first kappa shape index (κ1) is 45.7. The van der Waals surface area contributed by atoms with Crippen LogP contribution < -0.4 is 0 Å². The molecular weight excluding hydrogens is 741 g/mol. The molecule has 11 heteroatoms. The molecule has 320 valence electrons. The number of rotatable bonds is 7. The van der Waals surface area contributed by atoms with Crippen molar-refractivity contribution in [3.63, 3.8) is 0 Å². The number of carboxylic acids is 1. The second-order valence-electron chi connectivity index (χ2n) is 16.6. The van der Waals surface area contributed by atoms with Gasteiger partial charge >= 0.3 is 11.9 Å². The second kappa shape index (κ2) is 22.8. The summed E-state index contributed by atoms with van der Waals surface area (Å²) in [5.41, 5.74) is 0.945. The largest absolute Gasteiger partial charge is 0.481 e. The van der Waals surface area contributed by atoms with Crippen molar-refractivity contribution in [2.75, 3.05) is 0 Å². The van der Waals surface area contributed by atoms with Crippen molar-refractivity contribution in [1.29, 1.82) is 0 Å². The first-order valence-electron chi connectivity index (χ1n) is 21.3. The summed E-state index contributed by atoms with van der Waals surface area (Å²) in [5.74, 6) is -1.09. The number of allylic oxidation sites excluding steroid dienone is 7. The summed E-state index contributed by atoms with van der Waals surface area (Å²) in [7, 11) is 0. The van der Waals surface area contributed by atoms with E-state index in [2.05, 4.69) is 32.1 Å². The minimum Gasteiger partial charge on any atom is -0.481 e. The molecule has 0 saturated carbocycles. The number of ether oxygens (including phenoxy) is 5. The Bertz CT molecular complexity index is 1570. The average molecular weight is 807 g/mol. The number of esters is 1. The predicted molar refractivity (Wildman–Crippen MR) is 222 cm³/mol.